The number of anilines is 1. The minimum Gasteiger partial charge on any atom is -0.459 e. The Balaban J connectivity index is 1.67. The Morgan fingerprint density at radius 3 is 2.77 bits per heavy atom. The van der Waals surface area contributed by atoms with Crippen LogP contribution < -0.4 is 10.5 Å². The van der Waals surface area contributed by atoms with Crippen molar-refractivity contribution in [2.45, 2.75) is 25.6 Å². The van der Waals surface area contributed by atoms with Crippen molar-refractivity contribution >= 4 is 18.0 Å². The van der Waals surface area contributed by atoms with E-state index in [1.807, 2.05) is 42.5 Å². The highest BCUT2D eigenvalue weighted by Crippen LogP contribution is 2.23. The molecule has 2 N–H and O–H groups in total. The number of hydrogen-bond donors (Lipinski definition) is 1. The third-order valence-corrected chi connectivity index (χ3v) is 3.42. The van der Waals surface area contributed by atoms with Gasteiger partial charge in [-0.25, -0.2) is 9.97 Å². The van der Waals surface area contributed by atoms with E-state index in [2.05, 4.69) is 9.97 Å². The summed E-state index contributed by atoms with van der Waals surface area (Å²) in [5, 5.41) is 0. The van der Waals surface area contributed by atoms with Gasteiger partial charge in [0.2, 0.25) is 0 Å². The molecule has 5 nitrogen and oxygen atoms in total. The average Bonchev–Trinajstić information content (AvgIpc) is 2.57. The lowest BCUT2D eigenvalue weighted by Gasteiger charge is -2.23. The lowest BCUT2D eigenvalue weighted by molar-refractivity contribution is -0.105. The Kier molecular flexibility index (Phi) is 4.65. The molecule has 0 aliphatic carbocycles. The number of rotatable bonds is 4. The van der Waals surface area contributed by atoms with Gasteiger partial charge in [-0.15, -0.1) is 0 Å². The van der Waals surface area contributed by atoms with E-state index >= 15 is 0 Å². The first-order chi connectivity index (χ1) is 10.8. The third-order valence-electron chi connectivity index (χ3n) is 3.42. The molecule has 1 saturated heterocycles. The van der Waals surface area contributed by atoms with Gasteiger partial charge >= 0.3 is 0 Å². The minimum absolute atomic E-state index is 0.245. The van der Waals surface area contributed by atoms with E-state index in [0.29, 0.717) is 17.4 Å². The lowest BCUT2D eigenvalue weighted by atomic mass is 10.2. The maximum absolute atomic E-state index is 5.94. The molecule has 1 unspecified atom stereocenters. The number of hydrogen-bond acceptors (Lipinski definition) is 5. The topological polar surface area (TPSA) is 70.3 Å². The molecule has 0 spiro atoms. The zero-order valence-electron chi connectivity index (χ0n) is 12.3. The van der Waals surface area contributed by atoms with Gasteiger partial charge < -0.3 is 15.2 Å². The van der Waals surface area contributed by atoms with Crippen molar-refractivity contribution in [3.05, 3.63) is 47.9 Å². The summed E-state index contributed by atoms with van der Waals surface area (Å²) < 4.78 is 11.2. The van der Waals surface area contributed by atoms with E-state index in [0.717, 1.165) is 31.4 Å². The third kappa shape index (κ3) is 3.83. The Morgan fingerprint density at radius 2 is 2.05 bits per heavy atom. The van der Waals surface area contributed by atoms with Gasteiger partial charge in [0.25, 0.3) is 0 Å². The molecular formula is C17H19N3O2. The maximum atomic E-state index is 5.94. The predicted octanol–water partition coefficient (Wildman–Crippen LogP) is 3.13. The Bertz CT molecular complexity index is 638. The molecule has 0 bridgehead atoms. The summed E-state index contributed by atoms with van der Waals surface area (Å²) in [6.45, 7) is 0.726. The van der Waals surface area contributed by atoms with Gasteiger partial charge in [0, 0.05) is 6.42 Å². The highest BCUT2D eigenvalue weighted by atomic mass is 16.7. The second-order valence-corrected chi connectivity index (χ2v) is 5.14. The fraction of sp³-hybridized carbons (Fsp3) is 0.294. The van der Waals surface area contributed by atoms with Crippen molar-refractivity contribution in [2.75, 3.05) is 12.3 Å². The molecule has 1 aromatic heterocycles. The van der Waals surface area contributed by atoms with E-state index in [1.54, 1.807) is 6.20 Å². The molecule has 114 valence electrons. The van der Waals surface area contributed by atoms with Crippen LogP contribution in [0.1, 0.15) is 30.7 Å². The first kappa shape index (κ1) is 14.5. The first-order valence-electron chi connectivity index (χ1n) is 7.45. The van der Waals surface area contributed by atoms with E-state index in [4.69, 9.17) is 15.2 Å². The maximum Gasteiger partial charge on any atom is 0.200 e. The summed E-state index contributed by atoms with van der Waals surface area (Å²) in [5.74, 6) is 1.36. The van der Waals surface area contributed by atoms with Gasteiger partial charge in [-0.05, 0) is 24.5 Å². The van der Waals surface area contributed by atoms with Crippen LogP contribution in [-0.4, -0.2) is 22.9 Å². The van der Waals surface area contributed by atoms with Crippen molar-refractivity contribution in [3.8, 4) is 5.75 Å². The highest BCUT2D eigenvalue weighted by Gasteiger charge is 2.17. The summed E-state index contributed by atoms with van der Waals surface area (Å²) in [6.07, 6.45) is 8.18. The zero-order valence-corrected chi connectivity index (χ0v) is 12.3. The van der Waals surface area contributed by atoms with Crippen LogP contribution in [0, 0.1) is 0 Å². The fourth-order valence-electron chi connectivity index (χ4n) is 2.25. The quantitative estimate of drug-likeness (QED) is 0.938. The molecule has 1 fully saturated rings. The van der Waals surface area contributed by atoms with Gasteiger partial charge in [-0.2, -0.15) is 0 Å². The molecule has 1 aliphatic rings. The van der Waals surface area contributed by atoms with Crippen molar-refractivity contribution in [3.63, 3.8) is 0 Å². The van der Waals surface area contributed by atoms with Crippen molar-refractivity contribution < 1.29 is 9.47 Å². The molecule has 1 aromatic carbocycles. The molecule has 3 rings (SSSR count). The van der Waals surface area contributed by atoms with Crippen LogP contribution in [0.15, 0.2) is 36.5 Å². The Hall–Kier alpha value is -2.40. The van der Waals surface area contributed by atoms with Crippen LogP contribution in [-0.2, 0) is 4.74 Å². The van der Waals surface area contributed by atoms with E-state index in [-0.39, 0.29) is 6.29 Å². The number of nitrogens with zero attached hydrogens (tertiary/aromatic N) is 2. The second-order valence-electron chi connectivity index (χ2n) is 5.14. The normalized spacial score (nSPS) is 18.5. The van der Waals surface area contributed by atoms with Crippen LogP contribution in [0.5, 0.6) is 5.75 Å². The minimum atomic E-state index is -0.245. The molecule has 1 aliphatic heterocycles. The summed E-state index contributed by atoms with van der Waals surface area (Å²) in [4.78, 5) is 8.51. The standard InChI is InChI=1S/C17H19N3O2/c18-17-14(22-16-8-4-5-11-21-16)12-19-15(20-17)10-9-13-6-2-1-3-7-13/h1-3,6-7,9-10,12,16H,4-5,8,11H2,(H2,18,19,20). The van der Waals surface area contributed by atoms with Crippen LogP contribution >= 0.6 is 0 Å². The Labute approximate surface area is 129 Å². The van der Waals surface area contributed by atoms with Gasteiger partial charge in [0.1, 0.15) is 0 Å². The molecule has 2 aromatic rings. The molecule has 0 radical (unpaired) electrons. The van der Waals surface area contributed by atoms with Crippen molar-refractivity contribution in [2.24, 2.45) is 0 Å². The van der Waals surface area contributed by atoms with Crippen LogP contribution in [0.3, 0.4) is 0 Å². The van der Waals surface area contributed by atoms with Gasteiger partial charge in [0.15, 0.2) is 23.7 Å². The molecule has 0 amide bonds. The Morgan fingerprint density at radius 1 is 1.18 bits per heavy atom. The summed E-state index contributed by atoms with van der Waals surface area (Å²) in [6, 6.07) is 9.97. The molecule has 1 atom stereocenters. The zero-order chi connectivity index (χ0) is 15.2. The van der Waals surface area contributed by atoms with Gasteiger partial charge in [0.05, 0.1) is 12.8 Å². The summed E-state index contributed by atoms with van der Waals surface area (Å²) in [7, 11) is 0. The smallest absolute Gasteiger partial charge is 0.200 e. The van der Waals surface area contributed by atoms with E-state index in [1.165, 1.54) is 0 Å². The average molecular weight is 297 g/mol. The highest BCUT2D eigenvalue weighted by molar-refractivity contribution is 5.67. The number of ether oxygens (including phenoxy) is 2. The van der Waals surface area contributed by atoms with Gasteiger partial charge in [-0.1, -0.05) is 36.4 Å². The SMILES string of the molecule is Nc1nc(C=Cc2ccccc2)ncc1OC1CCCCO1. The van der Waals surface area contributed by atoms with Crippen LogP contribution in [0.4, 0.5) is 5.82 Å². The number of nitrogens with two attached hydrogens (primary N) is 1. The monoisotopic (exact) mass is 297 g/mol. The predicted molar refractivity (Wildman–Crippen MR) is 86.0 cm³/mol. The second kappa shape index (κ2) is 7.04. The van der Waals surface area contributed by atoms with Crippen molar-refractivity contribution in [1.29, 1.82) is 0 Å². The first-order valence-corrected chi connectivity index (χ1v) is 7.45. The van der Waals surface area contributed by atoms with Crippen LogP contribution in [0.2, 0.25) is 0 Å². The number of benzene rings is 1. The number of aromatic nitrogens is 2. The largest absolute Gasteiger partial charge is 0.459 e. The lowest BCUT2D eigenvalue weighted by Crippen LogP contribution is -2.25. The molecule has 0 saturated carbocycles. The summed E-state index contributed by atoms with van der Waals surface area (Å²) in [5.41, 5.74) is 7.03. The molecule has 5 heteroatoms. The molecule has 2 heterocycles. The van der Waals surface area contributed by atoms with E-state index < -0.39 is 0 Å². The fourth-order valence-corrected chi connectivity index (χ4v) is 2.25. The molecular weight excluding hydrogens is 278 g/mol. The number of nitrogen functional groups attached to an aromatic ring is 1. The van der Waals surface area contributed by atoms with Gasteiger partial charge in [-0.3, -0.25) is 0 Å². The summed E-state index contributed by atoms with van der Waals surface area (Å²) >= 11 is 0. The van der Waals surface area contributed by atoms with Crippen molar-refractivity contribution in [1.82, 2.24) is 9.97 Å². The molecule has 22 heavy (non-hydrogen) atoms. The van der Waals surface area contributed by atoms with Crippen LogP contribution in [0.25, 0.3) is 12.2 Å². The van der Waals surface area contributed by atoms with E-state index in [9.17, 15) is 0 Å².